The molecule has 0 aliphatic heterocycles. The van der Waals surface area contributed by atoms with Gasteiger partial charge in [-0.2, -0.15) is 0 Å². The quantitative estimate of drug-likeness (QED) is 0.170. The lowest BCUT2D eigenvalue weighted by Crippen LogP contribution is -2.07. The molecule has 0 radical (unpaired) electrons. The van der Waals surface area contributed by atoms with Crippen molar-refractivity contribution < 1.29 is 18.9 Å². The Morgan fingerprint density at radius 3 is 0.661 bits per heavy atom. The average molecular weight is 729 g/mol. The smallest absolute Gasteiger partial charge is 0.118 e. The van der Waals surface area contributed by atoms with Crippen LogP contribution in [0.3, 0.4) is 0 Å². The number of rotatable bonds is 4. The fraction of sp³-hybridized carbons (Fsp3) is 0.154. The Bertz CT molecular complexity index is 2230. The highest BCUT2D eigenvalue weighted by Crippen LogP contribution is 2.27. The highest BCUT2D eigenvalue weighted by molar-refractivity contribution is 5.60. The fourth-order valence-corrected chi connectivity index (χ4v) is 6.47. The molecule has 0 amide bonds. The highest BCUT2D eigenvalue weighted by atomic mass is 16.5. The molecule has 56 heavy (non-hydrogen) atoms. The fourth-order valence-electron chi connectivity index (χ4n) is 6.47. The Balaban J connectivity index is 1.33. The van der Waals surface area contributed by atoms with Crippen LogP contribution in [0.15, 0.2) is 121 Å². The second kappa shape index (κ2) is 17.7. The first-order chi connectivity index (χ1) is 27.5. The minimum Gasteiger partial charge on any atom is -0.497 e. The molecule has 4 heteroatoms. The van der Waals surface area contributed by atoms with Gasteiger partial charge in [-0.3, -0.25) is 0 Å². The van der Waals surface area contributed by atoms with E-state index in [1.807, 2.05) is 97.1 Å². The summed E-state index contributed by atoms with van der Waals surface area (Å²) >= 11 is 0. The van der Waals surface area contributed by atoms with E-state index >= 15 is 0 Å². The van der Waals surface area contributed by atoms with E-state index in [0.717, 1.165) is 115 Å². The van der Waals surface area contributed by atoms with Crippen molar-refractivity contribution in [2.24, 2.45) is 0 Å². The number of benzene rings is 6. The molecule has 0 unspecified atom stereocenters. The van der Waals surface area contributed by atoms with E-state index in [1.165, 1.54) is 0 Å². The third-order valence-electron chi connectivity index (χ3n) is 9.71. The summed E-state index contributed by atoms with van der Waals surface area (Å²) in [5.74, 6) is 30.9. The van der Waals surface area contributed by atoms with Gasteiger partial charge in [0.2, 0.25) is 0 Å². The molecule has 0 fully saturated rings. The summed E-state index contributed by atoms with van der Waals surface area (Å²) in [6.07, 6.45) is 2.97. The van der Waals surface area contributed by atoms with Crippen LogP contribution in [0.2, 0.25) is 0 Å². The Kier molecular flexibility index (Phi) is 11.7. The third-order valence-corrected chi connectivity index (χ3v) is 9.71. The summed E-state index contributed by atoms with van der Waals surface area (Å²) in [6, 6.07) is 40.4. The minimum atomic E-state index is 0.742. The van der Waals surface area contributed by atoms with Crippen LogP contribution in [0.25, 0.3) is 0 Å². The van der Waals surface area contributed by atoms with Crippen LogP contribution < -0.4 is 18.9 Å². The van der Waals surface area contributed by atoms with E-state index in [4.69, 9.17) is 18.9 Å². The number of ether oxygens (including phenoxy) is 4. The molecule has 0 saturated carbocycles. The maximum Gasteiger partial charge on any atom is 0.118 e. The SMILES string of the molecule is COc1ccc(C#Cc2cc3c(C#Cc4ccc(OC)cc4)cc2CCc2cc(C#Cc4ccc(OC)cc4)c(cc2C#Cc2ccc(OC)cc2)CC3)cc1. The molecule has 4 nitrogen and oxygen atoms in total. The standard InChI is InChI=1S/C52H40O4/c1-53-49-25-9-37(10-26-49)5-17-41-33-46-23-24-48-36-43(19-7-39-13-29-51(55-3)30-14-39)47(35-44(48)20-8-40-15-31-52(56-4)32-16-40)22-21-45(41)34-42(46)18-6-38-11-27-50(54-2)28-12-38/h9-16,25-36H,21-24H2,1-4H3. The molecule has 0 aromatic heterocycles. The Hall–Kier alpha value is -7.24. The van der Waals surface area contributed by atoms with Crippen LogP contribution in [-0.4, -0.2) is 28.4 Å². The normalized spacial score (nSPS) is 11.1. The molecule has 0 saturated heterocycles. The number of hydrogen-bond acceptors (Lipinski definition) is 4. The largest absolute Gasteiger partial charge is 0.497 e. The van der Waals surface area contributed by atoms with Crippen molar-refractivity contribution in [1.29, 1.82) is 0 Å². The summed E-state index contributed by atoms with van der Waals surface area (Å²) in [5, 5.41) is 0. The number of hydrogen-bond donors (Lipinski definition) is 0. The van der Waals surface area contributed by atoms with Gasteiger partial charge in [0.25, 0.3) is 0 Å². The van der Waals surface area contributed by atoms with Gasteiger partial charge >= 0.3 is 0 Å². The maximum absolute atomic E-state index is 5.36. The average Bonchev–Trinajstić information content (AvgIpc) is 3.25. The predicted octanol–water partition coefficient (Wildman–Crippen LogP) is 9.20. The van der Waals surface area contributed by atoms with Gasteiger partial charge in [0, 0.05) is 44.5 Å². The Morgan fingerprint density at radius 2 is 0.482 bits per heavy atom. The summed E-state index contributed by atoms with van der Waals surface area (Å²) in [4.78, 5) is 0. The predicted molar refractivity (Wildman–Crippen MR) is 224 cm³/mol. The first kappa shape index (κ1) is 37.1. The molecule has 0 heterocycles. The van der Waals surface area contributed by atoms with Gasteiger partial charge in [-0.25, -0.2) is 0 Å². The molecule has 4 aliphatic rings. The molecular formula is C52H40O4. The number of aryl methyl sites for hydroxylation is 4. The van der Waals surface area contributed by atoms with Gasteiger partial charge in [0.05, 0.1) is 28.4 Å². The highest BCUT2D eigenvalue weighted by Gasteiger charge is 2.15. The Labute approximate surface area is 330 Å². The lowest BCUT2D eigenvalue weighted by atomic mass is 9.86. The van der Waals surface area contributed by atoms with Crippen molar-refractivity contribution >= 4 is 0 Å². The van der Waals surface area contributed by atoms with Gasteiger partial charge < -0.3 is 18.9 Å². The zero-order valence-electron chi connectivity index (χ0n) is 32.0. The Morgan fingerprint density at radius 1 is 0.286 bits per heavy atom. The zero-order valence-corrected chi connectivity index (χ0v) is 32.0. The monoisotopic (exact) mass is 728 g/mol. The molecule has 4 aliphatic carbocycles. The lowest BCUT2D eigenvalue weighted by molar-refractivity contribution is 0.414. The summed E-state index contributed by atoms with van der Waals surface area (Å²) in [6.45, 7) is 0. The molecule has 0 spiro atoms. The second-order valence-corrected chi connectivity index (χ2v) is 13.2. The molecule has 6 aromatic carbocycles. The van der Waals surface area contributed by atoms with Crippen molar-refractivity contribution in [2.45, 2.75) is 25.7 Å². The van der Waals surface area contributed by atoms with Crippen LogP contribution in [0.1, 0.15) is 66.8 Å². The van der Waals surface area contributed by atoms with E-state index in [1.54, 1.807) is 28.4 Å². The summed E-state index contributed by atoms with van der Waals surface area (Å²) in [5.41, 5.74) is 12.3. The van der Waals surface area contributed by atoms with Crippen LogP contribution in [0.5, 0.6) is 23.0 Å². The summed E-state index contributed by atoms with van der Waals surface area (Å²) < 4.78 is 21.5. The van der Waals surface area contributed by atoms with Crippen molar-refractivity contribution in [3.8, 4) is 70.4 Å². The van der Waals surface area contributed by atoms with Gasteiger partial charge in [0.1, 0.15) is 23.0 Å². The van der Waals surface area contributed by atoms with Crippen LogP contribution in [-0.2, 0) is 25.7 Å². The van der Waals surface area contributed by atoms with Gasteiger partial charge in [-0.15, -0.1) is 0 Å². The topological polar surface area (TPSA) is 36.9 Å². The van der Waals surface area contributed by atoms with E-state index < -0.39 is 0 Å². The summed E-state index contributed by atoms with van der Waals surface area (Å²) in [7, 11) is 6.68. The van der Waals surface area contributed by atoms with E-state index in [9.17, 15) is 0 Å². The van der Waals surface area contributed by atoms with Crippen LogP contribution >= 0.6 is 0 Å². The third kappa shape index (κ3) is 9.27. The van der Waals surface area contributed by atoms with Crippen molar-refractivity contribution in [3.63, 3.8) is 0 Å². The van der Waals surface area contributed by atoms with Gasteiger partial charge in [-0.1, -0.05) is 47.4 Å². The lowest BCUT2D eigenvalue weighted by Gasteiger charge is -2.17. The molecule has 0 N–H and O–H groups in total. The van der Waals surface area contributed by atoms with E-state index in [2.05, 4.69) is 71.6 Å². The second-order valence-electron chi connectivity index (χ2n) is 13.2. The van der Waals surface area contributed by atoms with Crippen LogP contribution in [0.4, 0.5) is 0 Å². The van der Waals surface area contributed by atoms with Crippen molar-refractivity contribution in [1.82, 2.24) is 0 Å². The molecule has 6 aromatic rings. The van der Waals surface area contributed by atoms with Crippen molar-refractivity contribution in [2.75, 3.05) is 28.4 Å². The molecule has 0 atom stereocenters. The number of methoxy groups -OCH3 is 4. The molecular weight excluding hydrogens is 689 g/mol. The first-order valence-corrected chi connectivity index (χ1v) is 18.5. The van der Waals surface area contributed by atoms with Gasteiger partial charge in [0.15, 0.2) is 0 Å². The minimum absolute atomic E-state index is 0.742. The molecule has 4 bridgehead atoms. The van der Waals surface area contributed by atoms with Gasteiger partial charge in [-0.05, 0) is 169 Å². The molecule has 10 rings (SSSR count). The first-order valence-electron chi connectivity index (χ1n) is 18.5. The van der Waals surface area contributed by atoms with Crippen molar-refractivity contribution in [3.05, 3.63) is 188 Å². The maximum atomic E-state index is 5.36. The van der Waals surface area contributed by atoms with Crippen LogP contribution in [0, 0.1) is 47.4 Å². The van der Waals surface area contributed by atoms with E-state index in [-0.39, 0.29) is 0 Å². The zero-order chi connectivity index (χ0) is 38.7. The molecule has 272 valence electrons. The van der Waals surface area contributed by atoms with E-state index in [0.29, 0.717) is 0 Å².